The van der Waals surface area contributed by atoms with Crippen molar-refractivity contribution in [2.75, 3.05) is 33.8 Å². The van der Waals surface area contributed by atoms with Crippen LogP contribution >= 0.6 is 0 Å². The number of benzene rings is 2. The van der Waals surface area contributed by atoms with Gasteiger partial charge >= 0.3 is 0 Å². The summed E-state index contributed by atoms with van der Waals surface area (Å²) in [5, 5.41) is 2.86. The third kappa shape index (κ3) is 4.82. The average molecular weight is 474 g/mol. The van der Waals surface area contributed by atoms with E-state index >= 15 is 0 Å². The molecular formula is C27H27N3O5. The van der Waals surface area contributed by atoms with Crippen LogP contribution in [0.4, 0.5) is 5.69 Å². The normalized spacial score (nSPS) is 13.5. The number of carbonyl (C=O) groups is 1. The van der Waals surface area contributed by atoms with Crippen LogP contribution in [0, 0.1) is 0 Å². The van der Waals surface area contributed by atoms with E-state index < -0.39 is 0 Å². The number of carbonyl (C=O) groups excluding carboxylic acids is 1. The molecule has 0 spiro atoms. The van der Waals surface area contributed by atoms with E-state index in [-0.39, 0.29) is 12.3 Å². The average Bonchev–Trinajstić information content (AvgIpc) is 3.13. The van der Waals surface area contributed by atoms with E-state index in [4.69, 9.17) is 18.9 Å². The lowest BCUT2D eigenvalue weighted by Gasteiger charge is -2.13. The van der Waals surface area contributed by atoms with Crippen molar-refractivity contribution in [1.29, 1.82) is 0 Å². The molecule has 1 heterocycles. The highest BCUT2D eigenvalue weighted by Crippen LogP contribution is 2.46. The van der Waals surface area contributed by atoms with E-state index in [1.54, 1.807) is 40.8 Å². The van der Waals surface area contributed by atoms with Crippen LogP contribution < -0.4 is 24.3 Å². The molecule has 1 N–H and O–H groups in total. The van der Waals surface area contributed by atoms with Crippen molar-refractivity contribution in [3.05, 3.63) is 71.3 Å². The fourth-order valence-corrected chi connectivity index (χ4v) is 4.20. The highest BCUT2D eigenvalue weighted by atomic mass is 16.5. The molecule has 0 saturated heterocycles. The molecule has 8 heteroatoms. The number of amides is 1. The molecule has 0 radical (unpaired) electrons. The first kappa shape index (κ1) is 23.8. The summed E-state index contributed by atoms with van der Waals surface area (Å²) in [7, 11) is 6.38. The molecule has 180 valence electrons. The number of ether oxygens (including phenoxy) is 4. The van der Waals surface area contributed by atoms with E-state index in [9.17, 15) is 4.79 Å². The number of hydrogen-bond acceptors (Lipinski definition) is 7. The number of methoxy groups -OCH3 is 4. The van der Waals surface area contributed by atoms with Crippen LogP contribution in [0.25, 0.3) is 17.2 Å². The number of fused-ring (bicyclic) bond motifs is 1. The van der Waals surface area contributed by atoms with Gasteiger partial charge in [-0.05, 0) is 70.7 Å². The largest absolute Gasteiger partial charge is 0.497 e. The molecule has 8 nitrogen and oxygen atoms in total. The first-order valence-corrected chi connectivity index (χ1v) is 10.9. The Hall–Kier alpha value is -4.33. The maximum Gasteiger partial charge on any atom is 0.228 e. The van der Waals surface area contributed by atoms with Crippen molar-refractivity contribution < 1.29 is 23.7 Å². The van der Waals surface area contributed by atoms with Gasteiger partial charge in [-0.25, -0.2) is 9.97 Å². The van der Waals surface area contributed by atoms with E-state index in [1.165, 1.54) is 6.33 Å². The molecule has 1 aliphatic carbocycles. The molecule has 1 aromatic heterocycles. The lowest BCUT2D eigenvalue weighted by atomic mass is 10.00. The van der Waals surface area contributed by atoms with Crippen LogP contribution in [-0.4, -0.2) is 44.3 Å². The van der Waals surface area contributed by atoms with Crippen LogP contribution in [0.2, 0.25) is 0 Å². The lowest BCUT2D eigenvalue weighted by Crippen LogP contribution is -2.12. The predicted octanol–water partition coefficient (Wildman–Crippen LogP) is 4.87. The van der Waals surface area contributed by atoms with Gasteiger partial charge in [-0.1, -0.05) is 6.07 Å². The minimum atomic E-state index is -0.156. The first-order chi connectivity index (χ1) is 17.0. The number of nitrogens with zero attached hydrogens (tertiary/aromatic N) is 2. The molecule has 0 fully saturated rings. The number of allylic oxidation sites excluding steroid dienone is 2. The third-order valence-corrected chi connectivity index (χ3v) is 5.88. The lowest BCUT2D eigenvalue weighted by molar-refractivity contribution is -0.115. The summed E-state index contributed by atoms with van der Waals surface area (Å²) in [5.41, 5.74) is 6.33. The number of aromatic nitrogens is 2. The molecular weight excluding hydrogens is 446 g/mol. The summed E-state index contributed by atoms with van der Waals surface area (Å²) < 4.78 is 21.9. The smallest absolute Gasteiger partial charge is 0.228 e. The highest BCUT2D eigenvalue weighted by Gasteiger charge is 2.26. The Bertz CT molecular complexity index is 1290. The zero-order valence-corrected chi connectivity index (χ0v) is 20.3. The van der Waals surface area contributed by atoms with Gasteiger partial charge in [-0.2, -0.15) is 0 Å². The summed E-state index contributed by atoms with van der Waals surface area (Å²) >= 11 is 0. The highest BCUT2D eigenvalue weighted by molar-refractivity contribution is 6.10. The Kier molecular flexibility index (Phi) is 7.01. The van der Waals surface area contributed by atoms with Gasteiger partial charge in [0, 0.05) is 0 Å². The molecule has 35 heavy (non-hydrogen) atoms. The number of hydrogen-bond donors (Lipinski definition) is 1. The Morgan fingerprint density at radius 1 is 0.914 bits per heavy atom. The maximum absolute atomic E-state index is 12.9. The molecule has 4 rings (SSSR count). The zero-order chi connectivity index (χ0) is 24.9. The quantitative estimate of drug-likeness (QED) is 0.499. The Labute approximate surface area is 204 Å². The van der Waals surface area contributed by atoms with Crippen LogP contribution in [0.3, 0.4) is 0 Å². The van der Waals surface area contributed by atoms with Gasteiger partial charge in [-0.15, -0.1) is 0 Å². The molecule has 3 aromatic rings. The van der Waals surface area contributed by atoms with Gasteiger partial charge in [0.05, 0.1) is 52.9 Å². The first-order valence-electron chi connectivity index (χ1n) is 10.9. The van der Waals surface area contributed by atoms with Crippen molar-refractivity contribution in [3.63, 3.8) is 0 Å². The van der Waals surface area contributed by atoms with Crippen molar-refractivity contribution >= 4 is 28.8 Å². The van der Waals surface area contributed by atoms with E-state index in [1.807, 2.05) is 37.3 Å². The van der Waals surface area contributed by atoms with Crippen molar-refractivity contribution in [2.45, 2.75) is 13.3 Å². The van der Waals surface area contributed by atoms with Crippen LogP contribution in [0.15, 0.2) is 54.6 Å². The topological polar surface area (TPSA) is 91.8 Å². The second-order valence-corrected chi connectivity index (χ2v) is 7.88. The molecule has 1 aliphatic rings. The van der Waals surface area contributed by atoms with Gasteiger partial charge in [0.15, 0.2) is 11.5 Å². The number of anilines is 1. The van der Waals surface area contributed by atoms with Crippen LogP contribution in [0.5, 0.6) is 23.0 Å². The van der Waals surface area contributed by atoms with Crippen LogP contribution in [0.1, 0.15) is 30.0 Å². The second-order valence-electron chi connectivity index (χ2n) is 7.88. The summed E-state index contributed by atoms with van der Waals surface area (Å²) in [5.74, 6) is 2.23. The minimum Gasteiger partial charge on any atom is -0.497 e. The summed E-state index contributed by atoms with van der Waals surface area (Å²) in [6.07, 6.45) is 6.79. The SMILES string of the molecule is COc1ccc2c(c1)C(CC(=O)Nc1cncnc1)=C(C)/C2=C/c1cc(OC)c(OC)c(OC)c1. The molecule has 2 aromatic carbocycles. The second kappa shape index (κ2) is 10.3. The fraction of sp³-hybridized carbons (Fsp3) is 0.222. The number of rotatable bonds is 8. The molecule has 0 atom stereocenters. The van der Waals surface area contributed by atoms with Crippen molar-refractivity contribution in [3.8, 4) is 23.0 Å². The molecule has 1 amide bonds. The molecule has 0 saturated carbocycles. The fourth-order valence-electron chi connectivity index (χ4n) is 4.20. The Morgan fingerprint density at radius 2 is 1.60 bits per heavy atom. The standard InChI is InChI=1S/C27H27N3O5/c1-16-21(8-17-9-24(33-3)27(35-5)25(10-17)34-4)20-7-6-19(32-2)11-23(20)22(16)12-26(31)30-18-13-28-15-29-14-18/h6-11,13-15H,12H2,1-5H3,(H,30,31)/b21-8-. The number of nitrogens with one attached hydrogen (secondary N) is 1. The van der Waals surface area contributed by atoms with Crippen molar-refractivity contribution in [1.82, 2.24) is 9.97 Å². The van der Waals surface area contributed by atoms with E-state index in [2.05, 4.69) is 21.4 Å². The maximum atomic E-state index is 12.9. The molecule has 0 unspecified atom stereocenters. The van der Waals surface area contributed by atoms with Gasteiger partial charge in [0.2, 0.25) is 11.7 Å². The van der Waals surface area contributed by atoms with Crippen molar-refractivity contribution in [2.24, 2.45) is 0 Å². The Balaban J connectivity index is 1.77. The van der Waals surface area contributed by atoms with E-state index in [0.29, 0.717) is 22.9 Å². The third-order valence-electron chi connectivity index (χ3n) is 5.88. The zero-order valence-electron chi connectivity index (χ0n) is 20.3. The molecule has 0 bridgehead atoms. The monoisotopic (exact) mass is 473 g/mol. The summed E-state index contributed by atoms with van der Waals surface area (Å²) in [6.45, 7) is 2.02. The minimum absolute atomic E-state index is 0.156. The van der Waals surface area contributed by atoms with Gasteiger partial charge in [0.1, 0.15) is 12.1 Å². The Morgan fingerprint density at radius 3 is 2.20 bits per heavy atom. The van der Waals surface area contributed by atoms with Gasteiger partial charge in [0.25, 0.3) is 0 Å². The predicted molar refractivity (Wildman–Crippen MR) is 135 cm³/mol. The van der Waals surface area contributed by atoms with Gasteiger partial charge < -0.3 is 24.3 Å². The van der Waals surface area contributed by atoms with Gasteiger partial charge in [-0.3, -0.25) is 4.79 Å². The van der Waals surface area contributed by atoms with Crippen LogP contribution in [-0.2, 0) is 4.79 Å². The molecule has 0 aliphatic heterocycles. The van der Waals surface area contributed by atoms with E-state index in [0.717, 1.165) is 39.2 Å². The summed E-state index contributed by atoms with van der Waals surface area (Å²) in [6, 6.07) is 9.68. The summed E-state index contributed by atoms with van der Waals surface area (Å²) in [4.78, 5) is 20.8.